The van der Waals surface area contributed by atoms with Crippen molar-refractivity contribution in [2.75, 3.05) is 5.73 Å². The highest BCUT2D eigenvalue weighted by molar-refractivity contribution is 5.92. The topological polar surface area (TPSA) is 92.3 Å². The molecule has 1 aromatic carbocycles. The van der Waals surface area contributed by atoms with E-state index < -0.39 is 6.16 Å². The van der Waals surface area contributed by atoms with Crippen LogP contribution in [0.3, 0.4) is 0 Å². The molecule has 0 spiro atoms. The summed E-state index contributed by atoms with van der Waals surface area (Å²) in [6.07, 6.45) is 4.13. The molecule has 2 aromatic heterocycles. The number of ether oxygens (including phenoxy) is 2. The molecule has 7 heteroatoms. The number of carbonyl (C=O) groups is 1. The zero-order valence-electron chi connectivity index (χ0n) is 15.6. The van der Waals surface area contributed by atoms with Crippen LogP contribution in [-0.2, 0) is 17.9 Å². The minimum absolute atomic E-state index is 0.129. The molecule has 0 bridgehead atoms. The van der Waals surface area contributed by atoms with Crippen LogP contribution in [0.15, 0.2) is 36.5 Å². The van der Waals surface area contributed by atoms with Gasteiger partial charge in [0, 0.05) is 6.54 Å². The van der Waals surface area contributed by atoms with Gasteiger partial charge in [-0.05, 0) is 18.9 Å². The zero-order valence-corrected chi connectivity index (χ0v) is 15.6. The largest absolute Gasteiger partial charge is 0.514 e. The Hall–Kier alpha value is -3.09. The Bertz CT molecular complexity index is 922. The SMILES string of the molecule is CCCCCn1ncc2c(N)c(OC(=O)OCc3ccccc3)c(C)nc21. The van der Waals surface area contributed by atoms with Crippen molar-refractivity contribution in [3.8, 4) is 5.75 Å². The summed E-state index contributed by atoms with van der Waals surface area (Å²) in [4.78, 5) is 16.6. The second-order valence-corrected chi connectivity index (χ2v) is 6.38. The van der Waals surface area contributed by atoms with Gasteiger partial charge in [0.2, 0.25) is 0 Å². The van der Waals surface area contributed by atoms with Gasteiger partial charge in [0.05, 0.1) is 23.0 Å². The fourth-order valence-electron chi connectivity index (χ4n) is 2.85. The summed E-state index contributed by atoms with van der Waals surface area (Å²) in [7, 11) is 0. The van der Waals surface area contributed by atoms with Crippen LogP contribution in [0, 0.1) is 6.92 Å². The van der Waals surface area contributed by atoms with Gasteiger partial charge in [-0.15, -0.1) is 0 Å². The number of nitrogen functional groups attached to an aromatic ring is 1. The fourth-order valence-corrected chi connectivity index (χ4v) is 2.85. The van der Waals surface area contributed by atoms with Gasteiger partial charge in [-0.1, -0.05) is 50.1 Å². The lowest BCUT2D eigenvalue weighted by Gasteiger charge is -2.11. The van der Waals surface area contributed by atoms with E-state index in [1.807, 2.05) is 35.0 Å². The molecular weight excluding hydrogens is 344 g/mol. The van der Waals surface area contributed by atoms with Crippen molar-refractivity contribution in [3.05, 3.63) is 47.8 Å². The van der Waals surface area contributed by atoms with Crippen molar-refractivity contribution in [1.29, 1.82) is 0 Å². The van der Waals surface area contributed by atoms with E-state index in [4.69, 9.17) is 15.2 Å². The third-order valence-electron chi connectivity index (χ3n) is 4.31. The maximum absolute atomic E-state index is 12.1. The lowest BCUT2D eigenvalue weighted by Crippen LogP contribution is -2.13. The van der Waals surface area contributed by atoms with Crippen LogP contribution in [0.5, 0.6) is 5.75 Å². The van der Waals surface area contributed by atoms with Gasteiger partial charge < -0.3 is 15.2 Å². The number of aryl methyl sites for hydroxylation is 2. The number of hydrogen-bond donors (Lipinski definition) is 1. The first-order valence-electron chi connectivity index (χ1n) is 9.10. The number of unbranched alkanes of at least 4 members (excludes halogenated alkanes) is 2. The molecule has 0 aliphatic carbocycles. The van der Waals surface area contributed by atoms with Crippen LogP contribution in [0.25, 0.3) is 11.0 Å². The van der Waals surface area contributed by atoms with Crippen LogP contribution < -0.4 is 10.5 Å². The molecule has 0 amide bonds. The van der Waals surface area contributed by atoms with Gasteiger partial charge in [0.15, 0.2) is 11.4 Å². The summed E-state index contributed by atoms with van der Waals surface area (Å²) in [6.45, 7) is 4.81. The molecule has 0 unspecified atom stereocenters. The normalized spacial score (nSPS) is 10.9. The predicted octanol–water partition coefficient (Wildman–Crippen LogP) is 4.23. The van der Waals surface area contributed by atoms with Crippen LogP contribution >= 0.6 is 0 Å². The van der Waals surface area contributed by atoms with Gasteiger partial charge in [0.1, 0.15) is 6.61 Å². The average molecular weight is 368 g/mol. The summed E-state index contributed by atoms with van der Waals surface area (Å²) in [5, 5.41) is 5.04. The molecule has 0 saturated heterocycles. The van der Waals surface area contributed by atoms with Gasteiger partial charge in [0.25, 0.3) is 0 Å². The molecule has 0 fully saturated rings. The lowest BCUT2D eigenvalue weighted by atomic mass is 10.2. The number of nitrogens with zero attached hydrogens (tertiary/aromatic N) is 3. The van der Waals surface area contributed by atoms with E-state index in [2.05, 4.69) is 17.0 Å². The Morgan fingerprint density at radius 1 is 1.22 bits per heavy atom. The molecule has 7 nitrogen and oxygen atoms in total. The number of carbonyl (C=O) groups excluding carboxylic acids is 1. The van der Waals surface area contributed by atoms with Gasteiger partial charge >= 0.3 is 6.16 Å². The van der Waals surface area contributed by atoms with Gasteiger partial charge in [-0.2, -0.15) is 5.10 Å². The molecule has 0 radical (unpaired) electrons. The van der Waals surface area contributed by atoms with Crippen LogP contribution in [0.2, 0.25) is 0 Å². The molecule has 0 saturated carbocycles. The van der Waals surface area contributed by atoms with Gasteiger partial charge in [-0.25, -0.2) is 14.5 Å². The van der Waals surface area contributed by atoms with Crippen molar-refractivity contribution < 1.29 is 14.3 Å². The van der Waals surface area contributed by atoms with E-state index in [1.165, 1.54) is 0 Å². The predicted molar refractivity (Wildman–Crippen MR) is 103 cm³/mol. The van der Waals surface area contributed by atoms with E-state index in [-0.39, 0.29) is 12.4 Å². The Kier molecular flexibility index (Phi) is 5.90. The zero-order chi connectivity index (χ0) is 19.2. The monoisotopic (exact) mass is 368 g/mol. The van der Waals surface area contributed by atoms with Crippen LogP contribution in [0.1, 0.15) is 37.4 Å². The molecule has 2 heterocycles. The second kappa shape index (κ2) is 8.53. The summed E-state index contributed by atoms with van der Waals surface area (Å²) in [5.74, 6) is 0.216. The standard InChI is InChI=1S/C20H24N4O3/c1-3-4-8-11-24-19-16(12-22-24)17(21)18(14(2)23-19)27-20(25)26-13-15-9-6-5-7-10-15/h5-7,9-10,12H,3-4,8,11,13H2,1-2H3,(H2,21,23). The van der Waals surface area contributed by atoms with Crippen molar-refractivity contribution in [2.45, 2.75) is 46.3 Å². The van der Waals surface area contributed by atoms with Crippen molar-refractivity contribution in [1.82, 2.24) is 14.8 Å². The first kappa shape index (κ1) is 18.7. The van der Waals surface area contributed by atoms with Crippen molar-refractivity contribution in [3.63, 3.8) is 0 Å². The Balaban J connectivity index is 1.73. The van der Waals surface area contributed by atoms with E-state index in [9.17, 15) is 4.79 Å². The number of fused-ring (bicyclic) bond motifs is 1. The van der Waals surface area contributed by atoms with Crippen molar-refractivity contribution >= 4 is 22.9 Å². The van der Waals surface area contributed by atoms with E-state index in [0.717, 1.165) is 31.4 Å². The third-order valence-corrected chi connectivity index (χ3v) is 4.31. The smallest absolute Gasteiger partial charge is 0.429 e. The molecule has 3 rings (SSSR count). The molecule has 0 aliphatic rings. The van der Waals surface area contributed by atoms with Crippen LogP contribution in [0.4, 0.5) is 10.5 Å². The molecule has 0 atom stereocenters. The molecule has 3 aromatic rings. The molecular formula is C20H24N4O3. The second-order valence-electron chi connectivity index (χ2n) is 6.38. The first-order chi connectivity index (χ1) is 13.1. The number of aromatic nitrogens is 3. The number of pyridine rings is 1. The number of rotatable bonds is 7. The minimum atomic E-state index is -0.815. The maximum Gasteiger partial charge on any atom is 0.514 e. The lowest BCUT2D eigenvalue weighted by molar-refractivity contribution is 0.0926. The highest BCUT2D eigenvalue weighted by atomic mass is 16.7. The first-order valence-corrected chi connectivity index (χ1v) is 9.10. The quantitative estimate of drug-likeness (QED) is 0.496. The van der Waals surface area contributed by atoms with E-state index in [1.54, 1.807) is 13.1 Å². The van der Waals surface area contributed by atoms with Crippen molar-refractivity contribution in [2.24, 2.45) is 0 Å². The Labute approximate surface area is 158 Å². The molecule has 0 aliphatic heterocycles. The van der Waals surface area contributed by atoms with E-state index >= 15 is 0 Å². The maximum atomic E-state index is 12.1. The fraction of sp³-hybridized carbons (Fsp3) is 0.350. The number of benzene rings is 1. The summed E-state index contributed by atoms with van der Waals surface area (Å²) < 4.78 is 12.3. The number of hydrogen-bond acceptors (Lipinski definition) is 6. The summed E-state index contributed by atoms with van der Waals surface area (Å²) >= 11 is 0. The number of anilines is 1. The minimum Gasteiger partial charge on any atom is -0.429 e. The molecule has 27 heavy (non-hydrogen) atoms. The van der Waals surface area contributed by atoms with E-state index in [0.29, 0.717) is 22.4 Å². The number of nitrogens with two attached hydrogens (primary N) is 1. The van der Waals surface area contributed by atoms with Gasteiger partial charge in [-0.3, -0.25) is 0 Å². The third kappa shape index (κ3) is 4.36. The van der Waals surface area contributed by atoms with Crippen LogP contribution in [-0.4, -0.2) is 20.9 Å². The summed E-state index contributed by atoms with van der Waals surface area (Å²) in [5.41, 5.74) is 8.66. The Morgan fingerprint density at radius 3 is 2.74 bits per heavy atom. The molecule has 142 valence electrons. The summed E-state index contributed by atoms with van der Waals surface area (Å²) in [6, 6.07) is 9.39. The molecule has 2 N–H and O–H groups in total. The average Bonchev–Trinajstić information content (AvgIpc) is 3.07. The highest BCUT2D eigenvalue weighted by Crippen LogP contribution is 2.32. The Morgan fingerprint density at radius 2 is 2.00 bits per heavy atom. The highest BCUT2D eigenvalue weighted by Gasteiger charge is 2.18.